The van der Waals surface area contributed by atoms with Crippen LogP contribution in [0.4, 0.5) is 5.69 Å². The highest BCUT2D eigenvalue weighted by Gasteiger charge is 2.27. The third-order valence-corrected chi connectivity index (χ3v) is 5.51. The van der Waals surface area contributed by atoms with Gasteiger partial charge in [0.2, 0.25) is 0 Å². The van der Waals surface area contributed by atoms with Crippen LogP contribution in [-0.2, 0) is 0 Å². The van der Waals surface area contributed by atoms with Gasteiger partial charge in [-0.05, 0) is 25.1 Å². The highest BCUT2D eigenvalue weighted by molar-refractivity contribution is 8.03. The lowest BCUT2D eigenvalue weighted by atomic mass is 10.1. The van der Waals surface area contributed by atoms with Crippen molar-refractivity contribution in [2.75, 3.05) is 12.3 Å². The SMILES string of the molecule is Cc1nc(/C=C2/SCCN2C(=O)c2ccc(Cl)c([N+](=O)[O-])c2)cs1. The molecule has 1 saturated heterocycles. The first kappa shape index (κ1) is 16.9. The monoisotopic (exact) mass is 381 g/mol. The minimum Gasteiger partial charge on any atom is -0.302 e. The van der Waals surface area contributed by atoms with Gasteiger partial charge in [0, 0.05) is 29.3 Å². The van der Waals surface area contributed by atoms with E-state index in [0.717, 1.165) is 21.5 Å². The Hall–Kier alpha value is -1.90. The number of hydrogen-bond acceptors (Lipinski definition) is 6. The third-order valence-electron chi connectivity index (χ3n) is 3.37. The van der Waals surface area contributed by atoms with Gasteiger partial charge in [0.1, 0.15) is 5.02 Å². The molecule has 0 spiro atoms. The Morgan fingerprint density at radius 1 is 1.50 bits per heavy atom. The Morgan fingerprint density at radius 3 is 2.96 bits per heavy atom. The molecule has 1 amide bonds. The summed E-state index contributed by atoms with van der Waals surface area (Å²) in [6, 6.07) is 4.10. The van der Waals surface area contributed by atoms with Crippen molar-refractivity contribution in [1.29, 1.82) is 0 Å². The summed E-state index contributed by atoms with van der Waals surface area (Å²) < 4.78 is 0. The molecule has 6 nitrogen and oxygen atoms in total. The molecule has 1 fully saturated rings. The molecule has 24 heavy (non-hydrogen) atoms. The summed E-state index contributed by atoms with van der Waals surface area (Å²) in [6.45, 7) is 2.47. The number of hydrogen-bond donors (Lipinski definition) is 0. The summed E-state index contributed by atoms with van der Waals surface area (Å²) in [4.78, 5) is 29.1. The summed E-state index contributed by atoms with van der Waals surface area (Å²) in [7, 11) is 0. The third kappa shape index (κ3) is 3.45. The summed E-state index contributed by atoms with van der Waals surface area (Å²) in [5, 5.41) is 14.7. The number of nitrogens with zero attached hydrogens (tertiary/aromatic N) is 3. The second-order valence-electron chi connectivity index (χ2n) is 5.00. The Morgan fingerprint density at radius 2 is 2.29 bits per heavy atom. The Kier molecular flexibility index (Phi) is 4.88. The molecule has 0 unspecified atom stereocenters. The zero-order valence-corrected chi connectivity index (χ0v) is 15.0. The first-order valence-corrected chi connectivity index (χ1v) is 9.22. The number of carbonyl (C=O) groups is 1. The minimum absolute atomic E-state index is 0.0149. The number of benzene rings is 1. The van der Waals surface area contributed by atoms with Crippen LogP contribution < -0.4 is 0 Å². The molecule has 1 aromatic heterocycles. The standard InChI is InChI=1S/C15H12ClN3O3S2/c1-9-17-11(8-24-9)7-14-18(4-5-23-14)15(20)10-2-3-12(16)13(6-10)19(21)22/h2-3,6-8H,4-5H2,1H3/b14-7+. The average Bonchev–Trinajstić information content (AvgIpc) is 3.16. The van der Waals surface area contributed by atoms with Crippen LogP contribution >= 0.6 is 34.7 Å². The Bertz CT molecular complexity index is 850. The molecule has 1 aromatic carbocycles. The van der Waals surface area contributed by atoms with Crippen molar-refractivity contribution in [3.8, 4) is 0 Å². The lowest BCUT2D eigenvalue weighted by Gasteiger charge is -2.16. The van der Waals surface area contributed by atoms with E-state index in [9.17, 15) is 14.9 Å². The van der Waals surface area contributed by atoms with Crippen molar-refractivity contribution < 1.29 is 9.72 Å². The Labute approximate surface area is 151 Å². The maximum absolute atomic E-state index is 12.7. The van der Waals surface area contributed by atoms with Crippen LogP contribution in [0, 0.1) is 17.0 Å². The fourth-order valence-corrected chi connectivity index (χ4v) is 4.04. The van der Waals surface area contributed by atoms with Crippen LogP contribution in [0.1, 0.15) is 21.1 Å². The highest BCUT2D eigenvalue weighted by Crippen LogP contribution is 2.33. The van der Waals surface area contributed by atoms with Gasteiger partial charge in [-0.3, -0.25) is 14.9 Å². The van der Waals surface area contributed by atoms with Crippen LogP contribution in [0.15, 0.2) is 28.6 Å². The van der Waals surface area contributed by atoms with E-state index in [1.807, 2.05) is 18.4 Å². The summed E-state index contributed by atoms with van der Waals surface area (Å²) in [5.74, 6) is 0.495. The predicted octanol–water partition coefficient (Wildman–Crippen LogP) is 4.20. The molecule has 0 bridgehead atoms. The number of rotatable bonds is 3. The molecule has 1 aliphatic rings. The van der Waals surface area contributed by atoms with Gasteiger partial charge < -0.3 is 4.90 Å². The van der Waals surface area contributed by atoms with Gasteiger partial charge in [0.15, 0.2) is 0 Å². The van der Waals surface area contributed by atoms with Gasteiger partial charge in [-0.2, -0.15) is 0 Å². The second kappa shape index (κ2) is 6.92. The maximum Gasteiger partial charge on any atom is 0.288 e. The number of thiazole rings is 1. The van der Waals surface area contributed by atoms with E-state index in [4.69, 9.17) is 11.6 Å². The van der Waals surface area contributed by atoms with E-state index in [2.05, 4.69) is 4.98 Å². The second-order valence-corrected chi connectivity index (χ2v) is 7.59. The number of amides is 1. The van der Waals surface area contributed by atoms with E-state index in [0.29, 0.717) is 6.54 Å². The van der Waals surface area contributed by atoms with Crippen molar-refractivity contribution in [1.82, 2.24) is 9.88 Å². The van der Waals surface area contributed by atoms with E-state index in [-0.39, 0.29) is 22.2 Å². The van der Waals surface area contributed by atoms with Crippen LogP contribution in [-0.4, -0.2) is 33.0 Å². The predicted molar refractivity (Wildman–Crippen MR) is 96.4 cm³/mol. The molecule has 9 heteroatoms. The molecule has 2 aromatic rings. The van der Waals surface area contributed by atoms with Gasteiger partial charge in [-0.15, -0.1) is 23.1 Å². The number of nitro benzene ring substituents is 1. The number of halogens is 1. The number of carbonyl (C=O) groups excluding carboxylic acids is 1. The highest BCUT2D eigenvalue weighted by atomic mass is 35.5. The molecule has 3 rings (SSSR count). The van der Waals surface area contributed by atoms with Crippen molar-refractivity contribution >= 4 is 52.4 Å². The van der Waals surface area contributed by atoms with Crippen molar-refractivity contribution in [2.45, 2.75) is 6.92 Å². The van der Waals surface area contributed by atoms with E-state index >= 15 is 0 Å². The Balaban J connectivity index is 1.90. The van der Waals surface area contributed by atoms with Crippen LogP contribution in [0.2, 0.25) is 5.02 Å². The van der Waals surface area contributed by atoms with Gasteiger partial charge in [-0.25, -0.2) is 4.98 Å². The smallest absolute Gasteiger partial charge is 0.288 e. The largest absolute Gasteiger partial charge is 0.302 e. The van der Waals surface area contributed by atoms with Gasteiger partial charge in [0.25, 0.3) is 11.6 Å². The molecule has 1 aliphatic heterocycles. The molecule has 124 valence electrons. The zero-order valence-electron chi connectivity index (χ0n) is 12.6. The van der Waals surface area contributed by atoms with Gasteiger partial charge in [-0.1, -0.05) is 11.6 Å². The van der Waals surface area contributed by atoms with E-state index < -0.39 is 4.92 Å². The molecule has 0 atom stereocenters. The van der Waals surface area contributed by atoms with E-state index in [1.54, 1.807) is 28.0 Å². The van der Waals surface area contributed by atoms with Crippen molar-refractivity contribution in [2.24, 2.45) is 0 Å². The first-order chi connectivity index (χ1) is 11.5. The normalized spacial score (nSPS) is 15.9. The number of aromatic nitrogens is 1. The van der Waals surface area contributed by atoms with Crippen LogP contribution in [0.3, 0.4) is 0 Å². The van der Waals surface area contributed by atoms with Gasteiger partial charge in [0.05, 0.1) is 20.7 Å². The average molecular weight is 382 g/mol. The molecule has 0 aliphatic carbocycles. The maximum atomic E-state index is 12.7. The molecule has 0 radical (unpaired) electrons. The quantitative estimate of drug-likeness (QED) is 0.588. The number of nitro groups is 1. The van der Waals surface area contributed by atoms with Crippen LogP contribution in [0.5, 0.6) is 0 Å². The lowest BCUT2D eigenvalue weighted by molar-refractivity contribution is -0.384. The number of aryl methyl sites for hydroxylation is 1. The molecular formula is C15H12ClN3O3S2. The first-order valence-electron chi connectivity index (χ1n) is 6.98. The zero-order chi connectivity index (χ0) is 17.3. The summed E-state index contributed by atoms with van der Waals surface area (Å²) in [5.41, 5.74) is 0.783. The van der Waals surface area contributed by atoms with Gasteiger partial charge >= 0.3 is 0 Å². The van der Waals surface area contributed by atoms with Crippen molar-refractivity contribution in [3.63, 3.8) is 0 Å². The number of thioether (sulfide) groups is 1. The molecule has 0 saturated carbocycles. The topological polar surface area (TPSA) is 76.3 Å². The minimum atomic E-state index is -0.591. The molecule has 2 heterocycles. The molecule has 0 N–H and O–H groups in total. The summed E-state index contributed by atoms with van der Waals surface area (Å²) >= 11 is 8.91. The lowest BCUT2D eigenvalue weighted by Crippen LogP contribution is -2.26. The van der Waals surface area contributed by atoms with Crippen LogP contribution in [0.25, 0.3) is 6.08 Å². The molecular weight excluding hydrogens is 370 g/mol. The fourth-order valence-electron chi connectivity index (χ4n) is 2.27. The van der Waals surface area contributed by atoms with E-state index in [1.165, 1.54) is 18.2 Å². The van der Waals surface area contributed by atoms with Crippen molar-refractivity contribution in [3.05, 3.63) is 60.0 Å². The summed E-state index contributed by atoms with van der Waals surface area (Å²) in [6.07, 6.45) is 1.86. The fraction of sp³-hybridized carbons (Fsp3) is 0.200.